The van der Waals surface area contributed by atoms with Crippen molar-refractivity contribution in [3.8, 4) is 5.75 Å². The van der Waals surface area contributed by atoms with Crippen LogP contribution in [0.4, 0.5) is 0 Å². The molecule has 9 nitrogen and oxygen atoms in total. The van der Waals surface area contributed by atoms with Crippen molar-refractivity contribution in [1.82, 2.24) is 14.3 Å². The predicted octanol–water partition coefficient (Wildman–Crippen LogP) is 3.34. The standard InChI is InChI=1S/C27H30ClN3O6S2/c1-37-26-14-13-23(18-24(26)28)38(33,34)30-25(17-20-7-3-2-4-8-20)27(32)29-19-21-9-11-22(12-10-21)39(35,36)31-15-5-6-16-31/h2-4,7-14,18,25,30H,5-6,15-17,19H2,1H3,(H,29,32). The lowest BCUT2D eigenvalue weighted by atomic mass is 10.1. The maximum Gasteiger partial charge on any atom is 0.243 e. The number of carbonyl (C=O) groups is 1. The van der Waals surface area contributed by atoms with E-state index in [4.69, 9.17) is 16.3 Å². The van der Waals surface area contributed by atoms with E-state index in [9.17, 15) is 21.6 Å². The highest BCUT2D eigenvalue weighted by molar-refractivity contribution is 7.89. The van der Waals surface area contributed by atoms with E-state index < -0.39 is 32.0 Å². The summed E-state index contributed by atoms with van der Waals surface area (Å²) in [6, 6.07) is 18.3. The third kappa shape index (κ3) is 7.17. The first-order chi connectivity index (χ1) is 18.6. The van der Waals surface area contributed by atoms with Gasteiger partial charge in [-0.15, -0.1) is 0 Å². The van der Waals surface area contributed by atoms with Crippen LogP contribution in [-0.2, 0) is 37.8 Å². The maximum absolute atomic E-state index is 13.2. The number of amides is 1. The highest BCUT2D eigenvalue weighted by Gasteiger charge is 2.28. The molecule has 1 aliphatic heterocycles. The van der Waals surface area contributed by atoms with Gasteiger partial charge in [-0.05, 0) is 60.7 Å². The molecule has 0 aromatic heterocycles. The number of sulfonamides is 2. The van der Waals surface area contributed by atoms with Crippen LogP contribution in [0.3, 0.4) is 0 Å². The van der Waals surface area contributed by atoms with Crippen LogP contribution in [0, 0.1) is 0 Å². The number of benzene rings is 3. The van der Waals surface area contributed by atoms with Gasteiger partial charge in [-0.2, -0.15) is 9.03 Å². The summed E-state index contributed by atoms with van der Waals surface area (Å²) in [5, 5.41) is 2.89. The highest BCUT2D eigenvalue weighted by Crippen LogP contribution is 2.27. The molecule has 0 saturated carbocycles. The number of methoxy groups -OCH3 is 1. The summed E-state index contributed by atoms with van der Waals surface area (Å²) >= 11 is 6.12. The first-order valence-electron chi connectivity index (χ1n) is 12.4. The zero-order chi connectivity index (χ0) is 28.0. The molecule has 1 fully saturated rings. The van der Waals surface area contributed by atoms with Crippen molar-refractivity contribution in [3.05, 3.63) is 88.9 Å². The van der Waals surface area contributed by atoms with Gasteiger partial charge in [0.25, 0.3) is 0 Å². The van der Waals surface area contributed by atoms with Gasteiger partial charge in [0.2, 0.25) is 26.0 Å². The van der Waals surface area contributed by atoms with Crippen molar-refractivity contribution in [2.45, 2.75) is 41.6 Å². The Balaban J connectivity index is 1.48. The van der Waals surface area contributed by atoms with E-state index in [0.29, 0.717) is 24.4 Å². The van der Waals surface area contributed by atoms with Gasteiger partial charge in [-0.25, -0.2) is 16.8 Å². The number of hydrogen-bond acceptors (Lipinski definition) is 6. The molecule has 1 saturated heterocycles. The summed E-state index contributed by atoms with van der Waals surface area (Å²) < 4.78 is 60.9. The third-order valence-corrected chi connectivity index (χ3v) is 10.1. The monoisotopic (exact) mass is 591 g/mol. The summed E-state index contributed by atoms with van der Waals surface area (Å²) in [6.07, 6.45) is 1.81. The Hall–Kier alpha value is -2.96. The van der Waals surface area contributed by atoms with E-state index in [1.807, 2.05) is 6.07 Å². The molecule has 1 unspecified atom stereocenters. The topological polar surface area (TPSA) is 122 Å². The van der Waals surface area contributed by atoms with E-state index in [-0.39, 0.29) is 27.8 Å². The van der Waals surface area contributed by atoms with E-state index in [0.717, 1.165) is 18.4 Å². The zero-order valence-electron chi connectivity index (χ0n) is 21.3. The van der Waals surface area contributed by atoms with Gasteiger partial charge in [-0.1, -0.05) is 54.1 Å². The van der Waals surface area contributed by atoms with Gasteiger partial charge >= 0.3 is 0 Å². The van der Waals surface area contributed by atoms with E-state index in [1.165, 1.54) is 41.7 Å². The second kappa shape index (κ2) is 12.5. The van der Waals surface area contributed by atoms with Crippen LogP contribution in [0.1, 0.15) is 24.0 Å². The van der Waals surface area contributed by atoms with Crippen LogP contribution in [0.5, 0.6) is 5.75 Å². The minimum atomic E-state index is -4.11. The molecule has 0 aliphatic carbocycles. The average molecular weight is 592 g/mol. The van der Waals surface area contributed by atoms with E-state index in [1.54, 1.807) is 36.4 Å². The van der Waals surface area contributed by atoms with Crippen LogP contribution >= 0.6 is 11.6 Å². The van der Waals surface area contributed by atoms with Gasteiger partial charge in [0.1, 0.15) is 11.8 Å². The Kier molecular flexibility index (Phi) is 9.29. The first-order valence-corrected chi connectivity index (χ1v) is 15.7. The fourth-order valence-electron chi connectivity index (χ4n) is 4.28. The molecule has 0 spiro atoms. The number of nitrogens with one attached hydrogen (secondary N) is 2. The van der Waals surface area contributed by atoms with Crippen molar-refractivity contribution in [2.75, 3.05) is 20.2 Å². The average Bonchev–Trinajstić information content (AvgIpc) is 3.48. The minimum Gasteiger partial charge on any atom is -0.495 e. The molecular formula is C27H30ClN3O6S2. The Morgan fingerprint density at radius 2 is 1.56 bits per heavy atom. The number of rotatable bonds is 11. The molecule has 1 atom stereocenters. The number of hydrogen-bond donors (Lipinski definition) is 2. The molecule has 3 aromatic rings. The number of nitrogens with zero attached hydrogens (tertiary/aromatic N) is 1. The summed E-state index contributed by atoms with van der Waals surface area (Å²) in [6.45, 7) is 1.12. The molecule has 3 aromatic carbocycles. The Bertz CT molecular complexity index is 1510. The molecule has 2 N–H and O–H groups in total. The Morgan fingerprint density at radius 3 is 2.18 bits per heavy atom. The van der Waals surface area contributed by atoms with Crippen LogP contribution < -0.4 is 14.8 Å². The van der Waals surface area contributed by atoms with Gasteiger partial charge in [0.15, 0.2) is 0 Å². The van der Waals surface area contributed by atoms with Gasteiger partial charge in [-0.3, -0.25) is 4.79 Å². The fraction of sp³-hybridized carbons (Fsp3) is 0.296. The summed E-state index contributed by atoms with van der Waals surface area (Å²) in [7, 11) is -6.22. The molecular weight excluding hydrogens is 562 g/mol. The quantitative estimate of drug-likeness (QED) is 0.353. The van der Waals surface area contributed by atoms with Crippen LogP contribution in [0.2, 0.25) is 5.02 Å². The zero-order valence-corrected chi connectivity index (χ0v) is 23.7. The van der Waals surface area contributed by atoms with Crippen molar-refractivity contribution in [2.24, 2.45) is 0 Å². The largest absolute Gasteiger partial charge is 0.495 e. The van der Waals surface area contributed by atoms with Crippen molar-refractivity contribution >= 4 is 37.6 Å². The lowest BCUT2D eigenvalue weighted by molar-refractivity contribution is -0.122. The highest BCUT2D eigenvalue weighted by atomic mass is 35.5. The second-order valence-corrected chi connectivity index (χ2v) is 13.2. The first kappa shape index (κ1) is 29.0. The predicted molar refractivity (Wildman–Crippen MR) is 149 cm³/mol. The molecule has 1 aliphatic rings. The molecule has 39 heavy (non-hydrogen) atoms. The molecule has 0 radical (unpaired) electrons. The van der Waals surface area contributed by atoms with Crippen LogP contribution in [0.25, 0.3) is 0 Å². The molecule has 4 rings (SSSR count). The van der Waals surface area contributed by atoms with Crippen molar-refractivity contribution in [3.63, 3.8) is 0 Å². The van der Waals surface area contributed by atoms with Gasteiger partial charge in [0, 0.05) is 19.6 Å². The normalized spacial score (nSPS) is 15.1. The smallest absolute Gasteiger partial charge is 0.243 e. The van der Waals surface area contributed by atoms with Crippen LogP contribution in [0.15, 0.2) is 82.6 Å². The molecule has 1 amide bonds. The van der Waals surface area contributed by atoms with Gasteiger partial charge < -0.3 is 10.1 Å². The molecule has 1 heterocycles. The summed E-state index contributed by atoms with van der Waals surface area (Å²) in [4.78, 5) is 13.3. The SMILES string of the molecule is COc1ccc(S(=O)(=O)NC(Cc2ccccc2)C(=O)NCc2ccc(S(=O)(=O)N3CCCC3)cc2)cc1Cl. The number of ether oxygens (including phenoxy) is 1. The molecule has 0 bridgehead atoms. The number of halogens is 1. The second-order valence-electron chi connectivity index (χ2n) is 9.13. The van der Waals surface area contributed by atoms with Crippen molar-refractivity contribution in [1.29, 1.82) is 0 Å². The van der Waals surface area contributed by atoms with Gasteiger partial charge in [0.05, 0.1) is 21.9 Å². The van der Waals surface area contributed by atoms with E-state index >= 15 is 0 Å². The summed E-state index contributed by atoms with van der Waals surface area (Å²) in [5.74, 6) is -0.204. The molecule has 12 heteroatoms. The third-order valence-electron chi connectivity index (χ3n) is 6.42. The Morgan fingerprint density at radius 1 is 0.923 bits per heavy atom. The Labute approximate surface area is 234 Å². The maximum atomic E-state index is 13.2. The van der Waals surface area contributed by atoms with Crippen LogP contribution in [-0.4, -0.2) is 53.3 Å². The molecule has 208 valence electrons. The summed E-state index contributed by atoms with van der Waals surface area (Å²) in [5.41, 5.74) is 1.44. The number of carbonyl (C=O) groups excluding carboxylic acids is 1. The minimum absolute atomic E-state index is 0.0876. The van der Waals surface area contributed by atoms with Crippen molar-refractivity contribution < 1.29 is 26.4 Å². The van der Waals surface area contributed by atoms with E-state index in [2.05, 4.69) is 10.0 Å². The lowest BCUT2D eigenvalue weighted by Gasteiger charge is -2.19. The lowest BCUT2D eigenvalue weighted by Crippen LogP contribution is -2.47. The fourth-order valence-corrected chi connectivity index (χ4v) is 7.34.